The van der Waals surface area contributed by atoms with Crippen molar-refractivity contribution in [3.8, 4) is 28.3 Å². The van der Waals surface area contributed by atoms with Gasteiger partial charge in [0.2, 0.25) is 0 Å². The molecule has 3 N–H and O–H groups in total. The molecule has 6 nitrogen and oxygen atoms in total. The van der Waals surface area contributed by atoms with E-state index < -0.39 is 12.6 Å². The van der Waals surface area contributed by atoms with Crippen LogP contribution in [0.15, 0.2) is 36.4 Å². The number of rotatable bonds is 5. The number of nitrogen functional groups attached to an aromatic ring is 1. The number of ether oxygens (including phenoxy) is 1. The van der Waals surface area contributed by atoms with Crippen molar-refractivity contribution in [1.29, 1.82) is 0 Å². The molecule has 0 saturated carbocycles. The van der Waals surface area contributed by atoms with Crippen LogP contribution in [0.2, 0.25) is 0 Å². The molecule has 4 rings (SSSR count). The van der Waals surface area contributed by atoms with Crippen LogP contribution >= 0.6 is 0 Å². The predicted octanol–water partition coefficient (Wildman–Crippen LogP) is 4.71. The first-order valence-corrected chi connectivity index (χ1v) is 9.37. The Morgan fingerprint density at radius 3 is 2.59 bits per heavy atom. The van der Waals surface area contributed by atoms with Crippen molar-refractivity contribution in [3.63, 3.8) is 0 Å². The average molecular weight is 403 g/mol. The van der Waals surface area contributed by atoms with Gasteiger partial charge in [-0.2, -0.15) is 13.2 Å². The summed E-state index contributed by atoms with van der Waals surface area (Å²) in [5.41, 5.74) is 9.77. The molecular weight excluding hydrogens is 383 g/mol. The van der Waals surface area contributed by atoms with Crippen LogP contribution in [0, 0.1) is 0 Å². The van der Waals surface area contributed by atoms with Crippen molar-refractivity contribution in [2.24, 2.45) is 0 Å². The number of fused-ring (bicyclic) bond motifs is 1. The van der Waals surface area contributed by atoms with Crippen molar-refractivity contribution in [3.05, 3.63) is 42.0 Å². The van der Waals surface area contributed by atoms with Crippen molar-refractivity contribution < 1.29 is 17.9 Å². The first kappa shape index (κ1) is 19.2. The summed E-state index contributed by atoms with van der Waals surface area (Å²) in [5, 5.41) is 13.9. The largest absolute Gasteiger partial charge is 0.487 e. The number of nitrogens with two attached hydrogens (primary N) is 1. The van der Waals surface area contributed by atoms with Crippen LogP contribution in [0.4, 0.5) is 18.9 Å². The zero-order valence-corrected chi connectivity index (χ0v) is 15.7. The van der Waals surface area contributed by atoms with E-state index in [1.165, 1.54) is 0 Å². The number of aromatic amines is 1. The first-order chi connectivity index (χ1) is 13.9. The quantitative estimate of drug-likeness (QED) is 0.602. The number of halogens is 3. The molecule has 152 valence electrons. The van der Waals surface area contributed by atoms with Crippen LogP contribution in [-0.4, -0.2) is 32.9 Å². The number of tetrazole rings is 1. The van der Waals surface area contributed by atoms with Gasteiger partial charge in [0, 0.05) is 23.5 Å². The maximum Gasteiger partial charge on any atom is 0.389 e. The monoisotopic (exact) mass is 403 g/mol. The minimum absolute atomic E-state index is 0.0361. The lowest BCUT2D eigenvalue weighted by Crippen LogP contribution is -2.20. The lowest BCUT2D eigenvalue weighted by Gasteiger charge is -2.18. The summed E-state index contributed by atoms with van der Waals surface area (Å²) < 4.78 is 44.5. The maximum absolute atomic E-state index is 12.9. The lowest BCUT2D eigenvalue weighted by molar-refractivity contribution is -0.137. The normalized spacial score (nSPS) is 18.5. The van der Waals surface area contributed by atoms with Gasteiger partial charge < -0.3 is 10.5 Å². The molecule has 1 aromatic heterocycles. The first-order valence-electron chi connectivity index (χ1n) is 9.37. The zero-order chi connectivity index (χ0) is 20.6. The highest BCUT2D eigenvalue weighted by atomic mass is 19.4. The van der Waals surface area contributed by atoms with Gasteiger partial charge in [-0.3, -0.25) is 0 Å². The summed E-state index contributed by atoms with van der Waals surface area (Å²) in [4.78, 5) is 0. The van der Waals surface area contributed by atoms with Gasteiger partial charge in [-0.25, -0.2) is 5.10 Å². The van der Waals surface area contributed by atoms with Gasteiger partial charge in [0.15, 0.2) is 5.82 Å². The number of H-pyrrole nitrogens is 1. The van der Waals surface area contributed by atoms with Crippen molar-refractivity contribution >= 4 is 5.69 Å². The molecular formula is C20H20F3N5O. The van der Waals surface area contributed by atoms with Gasteiger partial charge >= 0.3 is 6.18 Å². The molecule has 2 heterocycles. The molecule has 2 aromatic carbocycles. The number of nitrogens with zero attached hydrogens (tertiary/aromatic N) is 3. The van der Waals surface area contributed by atoms with Crippen LogP contribution in [0.25, 0.3) is 22.5 Å². The summed E-state index contributed by atoms with van der Waals surface area (Å²) in [6.07, 6.45) is -4.83. The van der Waals surface area contributed by atoms with Crippen LogP contribution in [0.1, 0.15) is 37.7 Å². The van der Waals surface area contributed by atoms with Crippen molar-refractivity contribution in [1.82, 2.24) is 20.6 Å². The third-order valence-electron chi connectivity index (χ3n) is 5.24. The molecule has 29 heavy (non-hydrogen) atoms. The van der Waals surface area contributed by atoms with E-state index in [1.54, 1.807) is 6.07 Å². The minimum Gasteiger partial charge on any atom is -0.487 e. The van der Waals surface area contributed by atoms with Gasteiger partial charge in [0.25, 0.3) is 0 Å². The Morgan fingerprint density at radius 2 is 1.93 bits per heavy atom. The predicted molar refractivity (Wildman–Crippen MR) is 102 cm³/mol. The van der Waals surface area contributed by atoms with E-state index in [4.69, 9.17) is 10.5 Å². The van der Waals surface area contributed by atoms with E-state index in [0.717, 1.165) is 22.3 Å². The third-order valence-corrected chi connectivity index (χ3v) is 5.24. The molecule has 0 bridgehead atoms. The highest BCUT2D eigenvalue weighted by molar-refractivity contribution is 5.83. The highest BCUT2D eigenvalue weighted by Crippen LogP contribution is 2.48. The van der Waals surface area contributed by atoms with E-state index >= 15 is 0 Å². The SMILES string of the molecule is CC[C@H]1Oc2c(N)cc(-c3ccccc3-c3nnn[nH]3)cc2[C@@H]1CCC(F)(F)F. The van der Waals surface area contributed by atoms with Gasteiger partial charge in [-0.1, -0.05) is 31.2 Å². The second kappa shape index (κ2) is 7.38. The Hall–Kier alpha value is -3.10. The lowest BCUT2D eigenvalue weighted by atomic mass is 9.87. The summed E-state index contributed by atoms with van der Waals surface area (Å²) in [5.74, 6) is 0.626. The molecule has 0 saturated heterocycles. The Morgan fingerprint density at radius 1 is 1.17 bits per heavy atom. The number of aromatic nitrogens is 4. The Labute approximate surface area is 165 Å². The molecule has 9 heteroatoms. The second-order valence-corrected chi connectivity index (χ2v) is 7.10. The van der Waals surface area contributed by atoms with Crippen LogP contribution in [0.3, 0.4) is 0 Å². The highest BCUT2D eigenvalue weighted by Gasteiger charge is 2.38. The molecule has 1 aliphatic heterocycles. The number of hydrogen-bond donors (Lipinski definition) is 2. The number of hydrogen-bond acceptors (Lipinski definition) is 5. The molecule has 0 aliphatic carbocycles. The second-order valence-electron chi connectivity index (χ2n) is 7.10. The number of benzene rings is 2. The minimum atomic E-state index is -4.21. The van der Waals surface area contributed by atoms with Gasteiger partial charge in [0.05, 0.1) is 5.69 Å². The molecule has 2 atom stereocenters. The number of alkyl halides is 3. The molecule has 0 unspecified atom stereocenters. The van der Waals surface area contributed by atoms with Crippen LogP contribution < -0.4 is 10.5 Å². The zero-order valence-electron chi connectivity index (χ0n) is 15.7. The third kappa shape index (κ3) is 3.76. The topological polar surface area (TPSA) is 89.7 Å². The smallest absolute Gasteiger partial charge is 0.389 e. The number of nitrogens with one attached hydrogen (secondary N) is 1. The van der Waals surface area contributed by atoms with Crippen molar-refractivity contribution in [2.45, 2.75) is 44.4 Å². The Bertz CT molecular complexity index is 1000. The van der Waals surface area contributed by atoms with E-state index in [2.05, 4.69) is 20.6 Å². The maximum atomic E-state index is 12.9. The number of anilines is 1. The summed E-state index contributed by atoms with van der Waals surface area (Å²) in [7, 11) is 0. The standard InChI is InChI=1S/C20H20F3N5O/c1-2-17-13(7-8-20(21,22)23)15-9-11(10-16(24)18(15)29-17)12-5-3-4-6-14(12)19-25-27-28-26-19/h3-6,9-10,13,17H,2,7-8,24H2,1H3,(H,25,26,27,28)/t13-,17+/m0/s1. The van der Waals surface area contributed by atoms with Crippen LogP contribution in [-0.2, 0) is 0 Å². The molecule has 3 aromatic rings. The summed E-state index contributed by atoms with van der Waals surface area (Å²) in [6, 6.07) is 11.2. The Balaban J connectivity index is 1.78. The molecule has 0 amide bonds. The van der Waals surface area contributed by atoms with Crippen molar-refractivity contribution in [2.75, 3.05) is 5.73 Å². The molecule has 1 aliphatic rings. The molecule has 0 radical (unpaired) electrons. The fourth-order valence-corrected chi connectivity index (χ4v) is 3.92. The van der Waals surface area contributed by atoms with E-state index in [0.29, 0.717) is 23.7 Å². The molecule has 0 fully saturated rings. The summed E-state index contributed by atoms with van der Waals surface area (Å²) in [6.45, 7) is 1.90. The van der Waals surface area contributed by atoms with E-state index in [1.807, 2.05) is 37.3 Å². The average Bonchev–Trinajstić information content (AvgIpc) is 3.33. The van der Waals surface area contributed by atoms with Crippen LogP contribution in [0.5, 0.6) is 5.75 Å². The van der Waals surface area contributed by atoms with Gasteiger partial charge in [-0.05, 0) is 46.5 Å². The fraction of sp³-hybridized carbons (Fsp3) is 0.350. The van der Waals surface area contributed by atoms with E-state index in [-0.39, 0.29) is 18.4 Å². The van der Waals surface area contributed by atoms with Gasteiger partial charge in [-0.15, -0.1) is 5.10 Å². The molecule has 0 spiro atoms. The van der Waals surface area contributed by atoms with E-state index in [9.17, 15) is 13.2 Å². The summed E-state index contributed by atoms with van der Waals surface area (Å²) >= 11 is 0. The Kier molecular flexibility index (Phi) is 4.89. The van der Waals surface area contributed by atoms with Gasteiger partial charge in [0.1, 0.15) is 11.9 Å². The fourth-order valence-electron chi connectivity index (χ4n) is 3.92.